The first-order valence-electron chi connectivity index (χ1n) is 2.83. The molecule has 0 aromatic heterocycles. The van der Waals surface area contributed by atoms with E-state index in [1.54, 1.807) is 6.08 Å². The van der Waals surface area contributed by atoms with E-state index in [1.165, 1.54) is 5.57 Å². The first-order valence-corrected chi connectivity index (χ1v) is 3.36. The van der Waals surface area contributed by atoms with Crippen LogP contribution in [0.2, 0.25) is 0 Å². The van der Waals surface area contributed by atoms with Gasteiger partial charge in [0.25, 0.3) is 0 Å². The van der Waals surface area contributed by atoms with E-state index in [9.17, 15) is 0 Å². The van der Waals surface area contributed by atoms with Crippen molar-refractivity contribution in [2.24, 2.45) is 0 Å². The molecule has 0 fully saturated rings. The summed E-state index contributed by atoms with van der Waals surface area (Å²) < 4.78 is 0. The Hall–Kier alpha value is -0.490. The summed E-state index contributed by atoms with van der Waals surface area (Å²) in [6.07, 6.45) is 7.54. The molecule has 0 saturated heterocycles. The van der Waals surface area contributed by atoms with Gasteiger partial charge in [-0.25, -0.2) is 0 Å². The molecule has 0 rings (SSSR count). The average molecular weight is 143 g/mol. The van der Waals surface area contributed by atoms with Gasteiger partial charge in [0.1, 0.15) is 0 Å². The highest BCUT2D eigenvalue weighted by molar-refractivity contribution is 6.18. The van der Waals surface area contributed by atoms with Crippen molar-refractivity contribution in [3.8, 4) is 0 Å². The smallest absolute Gasteiger partial charge is 0.0409 e. The minimum absolute atomic E-state index is 0.577. The number of hydrogen-bond donors (Lipinski definition) is 0. The van der Waals surface area contributed by atoms with Gasteiger partial charge in [-0.3, -0.25) is 0 Å². The topological polar surface area (TPSA) is 0 Å². The molecule has 0 saturated carbocycles. The van der Waals surface area contributed by atoms with Crippen molar-refractivity contribution >= 4 is 11.6 Å². The fourth-order valence-electron chi connectivity index (χ4n) is 0.410. The molecule has 0 aromatic carbocycles. The van der Waals surface area contributed by atoms with Crippen LogP contribution in [0, 0.1) is 0 Å². The van der Waals surface area contributed by atoms with Gasteiger partial charge in [0.05, 0.1) is 0 Å². The largest absolute Gasteiger partial charge is 0.122 e. The summed E-state index contributed by atoms with van der Waals surface area (Å²) in [5.41, 5.74) is 1.17. The molecule has 0 radical (unpaired) electrons. The van der Waals surface area contributed by atoms with Gasteiger partial charge in [0.2, 0.25) is 0 Å². The van der Waals surface area contributed by atoms with Gasteiger partial charge in [0.15, 0.2) is 0 Å². The lowest BCUT2D eigenvalue weighted by atomic mass is 10.3. The summed E-state index contributed by atoms with van der Waals surface area (Å²) in [6.45, 7) is 5.55. The summed E-state index contributed by atoms with van der Waals surface area (Å²) in [4.78, 5) is 0. The van der Waals surface area contributed by atoms with E-state index < -0.39 is 0 Å². The molecule has 1 heteroatoms. The first-order chi connectivity index (χ1) is 4.31. The highest BCUT2D eigenvalue weighted by Gasteiger charge is 1.75. The van der Waals surface area contributed by atoms with Crippen molar-refractivity contribution < 1.29 is 0 Å². The number of halogens is 1. The van der Waals surface area contributed by atoms with Crippen LogP contribution < -0.4 is 0 Å². The quantitative estimate of drug-likeness (QED) is 0.420. The van der Waals surface area contributed by atoms with Gasteiger partial charge in [-0.2, -0.15) is 0 Å². The maximum Gasteiger partial charge on any atom is 0.0409 e. The number of allylic oxidation sites excluding steroid dienone is 5. The molecule has 0 N–H and O–H groups in total. The lowest BCUT2D eigenvalue weighted by Crippen LogP contribution is -1.67. The third-order valence-corrected chi connectivity index (χ3v) is 1.05. The normalized spacial score (nSPS) is 12.4. The third-order valence-electron chi connectivity index (χ3n) is 0.894. The van der Waals surface area contributed by atoms with Crippen molar-refractivity contribution in [3.05, 3.63) is 36.5 Å². The molecule has 50 valence electrons. The van der Waals surface area contributed by atoms with Gasteiger partial charge in [-0.1, -0.05) is 36.5 Å². The fraction of sp³-hybridized carbons (Fsp3) is 0.250. The molecule has 0 aliphatic heterocycles. The summed E-state index contributed by atoms with van der Waals surface area (Å²) in [6, 6.07) is 0. The average Bonchev–Trinajstić information content (AvgIpc) is 1.85. The van der Waals surface area contributed by atoms with Crippen LogP contribution in [-0.4, -0.2) is 5.88 Å². The van der Waals surface area contributed by atoms with Crippen molar-refractivity contribution in [2.75, 3.05) is 5.88 Å². The molecule has 0 aromatic rings. The van der Waals surface area contributed by atoms with Gasteiger partial charge in [0, 0.05) is 5.88 Å². The number of hydrogen-bond acceptors (Lipinski definition) is 0. The molecule has 0 spiro atoms. The second-order valence-corrected chi connectivity index (χ2v) is 2.01. The molecule has 0 atom stereocenters. The molecule has 9 heavy (non-hydrogen) atoms. The van der Waals surface area contributed by atoms with Crippen LogP contribution in [0.25, 0.3) is 0 Å². The number of alkyl halides is 1. The summed E-state index contributed by atoms with van der Waals surface area (Å²) in [5.74, 6) is 0.577. The fourth-order valence-corrected chi connectivity index (χ4v) is 0.653. The minimum atomic E-state index is 0.577. The van der Waals surface area contributed by atoms with Crippen molar-refractivity contribution in [3.63, 3.8) is 0 Å². The number of rotatable bonds is 3. The lowest BCUT2D eigenvalue weighted by Gasteiger charge is -1.85. The highest BCUT2D eigenvalue weighted by atomic mass is 35.5. The molecule has 0 nitrogen and oxygen atoms in total. The Morgan fingerprint density at radius 2 is 2.33 bits per heavy atom. The molecule has 0 unspecified atom stereocenters. The molecular weight excluding hydrogens is 132 g/mol. The maximum atomic E-state index is 5.44. The molecular formula is C8H11Cl. The van der Waals surface area contributed by atoms with E-state index in [0.717, 1.165) is 0 Å². The van der Waals surface area contributed by atoms with Crippen LogP contribution in [0.15, 0.2) is 36.5 Å². The monoisotopic (exact) mass is 142 g/mol. The second kappa shape index (κ2) is 5.64. The van der Waals surface area contributed by atoms with E-state index in [-0.39, 0.29) is 0 Å². The van der Waals surface area contributed by atoms with E-state index in [4.69, 9.17) is 11.6 Å². The van der Waals surface area contributed by atoms with Gasteiger partial charge < -0.3 is 0 Å². The van der Waals surface area contributed by atoms with Gasteiger partial charge in [-0.15, -0.1) is 11.6 Å². The predicted molar refractivity (Wildman–Crippen MR) is 43.8 cm³/mol. The molecule has 0 bridgehead atoms. The SMILES string of the molecule is C=C/C=C\C(C)=C/CCl. The third kappa shape index (κ3) is 5.38. The molecule has 0 heterocycles. The zero-order valence-corrected chi connectivity index (χ0v) is 6.36. The molecule has 0 amide bonds. The van der Waals surface area contributed by atoms with Crippen LogP contribution in [0.5, 0.6) is 0 Å². The van der Waals surface area contributed by atoms with E-state index in [2.05, 4.69) is 6.58 Å². The van der Waals surface area contributed by atoms with Gasteiger partial charge in [-0.05, 0) is 6.92 Å². The van der Waals surface area contributed by atoms with Crippen LogP contribution in [0.4, 0.5) is 0 Å². The van der Waals surface area contributed by atoms with E-state index in [1.807, 2.05) is 25.2 Å². The lowest BCUT2D eigenvalue weighted by molar-refractivity contribution is 1.48. The van der Waals surface area contributed by atoms with Crippen LogP contribution in [0.3, 0.4) is 0 Å². The van der Waals surface area contributed by atoms with Crippen molar-refractivity contribution in [2.45, 2.75) is 6.92 Å². The van der Waals surface area contributed by atoms with Gasteiger partial charge >= 0.3 is 0 Å². The Kier molecular flexibility index (Phi) is 5.34. The second-order valence-electron chi connectivity index (χ2n) is 1.70. The van der Waals surface area contributed by atoms with E-state index >= 15 is 0 Å². The Morgan fingerprint density at radius 1 is 1.67 bits per heavy atom. The summed E-state index contributed by atoms with van der Waals surface area (Å²) in [7, 11) is 0. The zero-order valence-electron chi connectivity index (χ0n) is 5.60. The summed E-state index contributed by atoms with van der Waals surface area (Å²) >= 11 is 5.44. The standard InChI is InChI=1S/C8H11Cl/c1-3-4-5-8(2)6-7-9/h3-6H,1,7H2,2H3/b5-4-,8-6-. The summed E-state index contributed by atoms with van der Waals surface area (Å²) in [5, 5.41) is 0. The minimum Gasteiger partial charge on any atom is -0.122 e. The first kappa shape index (κ1) is 8.51. The Balaban J connectivity index is 3.74. The Bertz CT molecular complexity index is 132. The van der Waals surface area contributed by atoms with Crippen LogP contribution >= 0.6 is 11.6 Å². The maximum absolute atomic E-state index is 5.44. The molecule has 0 aliphatic rings. The predicted octanol–water partition coefficient (Wildman–Crippen LogP) is 2.91. The van der Waals surface area contributed by atoms with E-state index in [0.29, 0.717) is 5.88 Å². The van der Waals surface area contributed by atoms with Crippen molar-refractivity contribution in [1.82, 2.24) is 0 Å². The van der Waals surface area contributed by atoms with Crippen LogP contribution in [0.1, 0.15) is 6.92 Å². The molecule has 0 aliphatic carbocycles. The van der Waals surface area contributed by atoms with Crippen molar-refractivity contribution in [1.29, 1.82) is 0 Å². The highest BCUT2D eigenvalue weighted by Crippen LogP contribution is 1.94. The Labute approximate surface area is 61.5 Å². The zero-order chi connectivity index (χ0) is 7.11. The Morgan fingerprint density at radius 3 is 2.78 bits per heavy atom. The van der Waals surface area contributed by atoms with Crippen LogP contribution in [-0.2, 0) is 0 Å².